The number of piperazine rings is 1. The Hall–Kier alpha value is -2.75. The van der Waals surface area contributed by atoms with Gasteiger partial charge in [0.25, 0.3) is 5.91 Å². The molecule has 1 fully saturated rings. The molecule has 172 valence electrons. The minimum absolute atomic E-state index is 0.211. The highest BCUT2D eigenvalue weighted by Crippen LogP contribution is 2.34. The summed E-state index contributed by atoms with van der Waals surface area (Å²) in [6.07, 6.45) is 0. The number of anilines is 1. The maximum Gasteiger partial charge on any atom is 0.341 e. The van der Waals surface area contributed by atoms with Crippen LogP contribution in [0.5, 0.6) is 0 Å². The van der Waals surface area contributed by atoms with Gasteiger partial charge >= 0.3 is 5.97 Å². The van der Waals surface area contributed by atoms with Crippen molar-refractivity contribution in [3.05, 3.63) is 51.9 Å². The van der Waals surface area contributed by atoms with Crippen LogP contribution in [-0.2, 0) is 16.1 Å². The number of carbonyl (C=O) groups is 3. The molecule has 0 unspecified atom stereocenters. The SMILES string of the molecule is COC(=O)c1c(NC(=O)CN2CCN(Cc3ccccc3)CC2)sc(C(=O)N(C)C)c1C. The van der Waals surface area contributed by atoms with Gasteiger partial charge < -0.3 is 15.0 Å². The molecule has 1 aromatic carbocycles. The van der Waals surface area contributed by atoms with Gasteiger partial charge in [-0.25, -0.2) is 4.79 Å². The quantitative estimate of drug-likeness (QED) is 0.642. The average molecular weight is 459 g/mol. The van der Waals surface area contributed by atoms with E-state index in [-0.39, 0.29) is 23.9 Å². The summed E-state index contributed by atoms with van der Waals surface area (Å²) in [4.78, 5) is 43.8. The number of hydrogen-bond acceptors (Lipinski definition) is 7. The lowest BCUT2D eigenvalue weighted by Crippen LogP contribution is -2.48. The Bertz CT molecular complexity index is 966. The topological polar surface area (TPSA) is 82.2 Å². The van der Waals surface area contributed by atoms with Crippen molar-refractivity contribution in [1.29, 1.82) is 0 Å². The average Bonchev–Trinajstić information content (AvgIpc) is 3.10. The zero-order valence-corrected chi connectivity index (χ0v) is 19.8. The minimum atomic E-state index is -0.568. The fourth-order valence-electron chi connectivity index (χ4n) is 3.67. The van der Waals surface area contributed by atoms with E-state index in [1.54, 1.807) is 21.0 Å². The summed E-state index contributed by atoms with van der Waals surface area (Å²) in [6.45, 7) is 6.18. The van der Waals surface area contributed by atoms with E-state index in [2.05, 4.69) is 27.2 Å². The summed E-state index contributed by atoms with van der Waals surface area (Å²) in [5, 5.41) is 3.19. The molecule has 1 N–H and O–H groups in total. The number of nitrogens with zero attached hydrogens (tertiary/aromatic N) is 3. The predicted molar refractivity (Wildman–Crippen MR) is 125 cm³/mol. The first-order chi connectivity index (χ1) is 15.3. The summed E-state index contributed by atoms with van der Waals surface area (Å²) < 4.78 is 4.88. The summed E-state index contributed by atoms with van der Waals surface area (Å²) in [5.74, 6) is -0.995. The van der Waals surface area contributed by atoms with E-state index in [9.17, 15) is 14.4 Å². The Morgan fingerprint density at radius 2 is 1.69 bits per heavy atom. The lowest BCUT2D eigenvalue weighted by molar-refractivity contribution is -0.117. The number of benzene rings is 1. The molecule has 2 aromatic rings. The van der Waals surface area contributed by atoms with Crippen molar-refractivity contribution in [3.63, 3.8) is 0 Å². The van der Waals surface area contributed by atoms with Gasteiger partial charge in [-0.1, -0.05) is 30.3 Å². The highest BCUT2D eigenvalue weighted by atomic mass is 32.1. The van der Waals surface area contributed by atoms with Crippen LogP contribution in [0.25, 0.3) is 0 Å². The van der Waals surface area contributed by atoms with E-state index < -0.39 is 5.97 Å². The largest absolute Gasteiger partial charge is 0.465 e. The Labute approximate surface area is 192 Å². The van der Waals surface area contributed by atoms with Crippen LogP contribution in [0.1, 0.15) is 31.2 Å². The predicted octanol–water partition coefficient (Wildman–Crippen LogP) is 2.30. The second-order valence-electron chi connectivity index (χ2n) is 8.04. The zero-order chi connectivity index (χ0) is 23.3. The molecule has 32 heavy (non-hydrogen) atoms. The normalized spacial score (nSPS) is 14.8. The molecular weight excluding hydrogens is 428 g/mol. The number of rotatable bonds is 7. The van der Waals surface area contributed by atoms with E-state index in [0.717, 1.165) is 44.1 Å². The smallest absolute Gasteiger partial charge is 0.341 e. The molecule has 2 amide bonds. The van der Waals surface area contributed by atoms with Crippen molar-refractivity contribution in [2.24, 2.45) is 0 Å². The fraction of sp³-hybridized carbons (Fsp3) is 0.435. The number of ether oxygens (including phenoxy) is 1. The van der Waals surface area contributed by atoms with E-state index in [4.69, 9.17) is 4.74 Å². The van der Waals surface area contributed by atoms with Crippen LogP contribution in [0.3, 0.4) is 0 Å². The van der Waals surface area contributed by atoms with Crippen LogP contribution in [0.15, 0.2) is 30.3 Å². The number of methoxy groups -OCH3 is 1. The van der Waals surface area contributed by atoms with E-state index in [1.165, 1.54) is 17.6 Å². The number of hydrogen-bond donors (Lipinski definition) is 1. The molecular formula is C23H30N4O4S. The number of nitrogens with one attached hydrogen (secondary N) is 1. The summed E-state index contributed by atoms with van der Waals surface area (Å²) in [5.41, 5.74) is 2.04. The first kappa shape index (κ1) is 23.9. The van der Waals surface area contributed by atoms with Crippen molar-refractivity contribution >= 4 is 34.1 Å². The van der Waals surface area contributed by atoms with Gasteiger partial charge in [-0.05, 0) is 18.1 Å². The number of esters is 1. The summed E-state index contributed by atoms with van der Waals surface area (Å²) in [6, 6.07) is 10.3. The van der Waals surface area contributed by atoms with Gasteiger partial charge in [-0.3, -0.25) is 19.4 Å². The van der Waals surface area contributed by atoms with Crippen LogP contribution in [-0.4, -0.2) is 86.4 Å². The summed E-state index contributed by atoms with van der Waals surface area (Å²) in [7, 11) is 4.58. The van der Waals surface area contributed by atoms with Gasteiger partial charge in [-0.15, -0.1) is 11.3 Å². The van der Waals surface area contributed by atoms with Crippen LogP contribution in [0.4, 0.5) is 5.00 Å². The molecule has 0 bridgehead atoms. The lowest BCUT2D eigenvalue weighted by atomic mass is 10.1. The van der Waals surface area contributed by atoms with Gasteiger partial charge in [0.1, 0.15) is 5.00 Å². The molecule has 0 aliphatic carbocycles. The molecule has 1 aromatic heterocycles. The zero-order valence-electron chi connectivity index (χ0n) is 19.0. The molecule has 0 saturated carbocycles. The monoisotopic (exact) mass is 458 g/mol. The third-order valence-electron chi connectivity index (χ3n) is 5.47. The number of amides is 2. The van der Waals surface area contributed by atoms with Crippen molar-refractivity contribution in [2.45, 2.75) is 13.5 Å². The van der Waals surface area contributed by atoms with Gasteiger partial charge in [-0.2, -0.15) is 0 Å². The molecule has 0 spiro atoms. The van der Waals surface area contributed by atoms with E-state index >= 15 is 0 Å². The van der Waals surface area contributed by atoms with Gasteiger partial charge in [0.15, 0.2) is 0 Å². The maximum absolute atomic E-state index is 12.7. The summed E-state index contributed by atoms with van der Waals surface area (Å²) >= 11 is 1.11. The molecule has 1 aliphatic rings. The highest BCUT2D eigenvalue weighted by Gasteiger charge is 2.27. The third-order valence-corrected chi connectivity index (χ3v) is 6.67. The van der Waals surface area contributed by atoms with E-state index in [1.807, 2.05) is 18.2 Å². The maximum atomic E-state index is 12.7. The Kier molecular flexibility index (Phi) is 8.00. The second-order valence-corrected chi connectivity index (χ2v) is 9.06. The lowest BCUT2D eigenvalue weighted by Gasteiger charge is -2.34. The van der Waals surface area contributed by atoms with Gasteiger partial charge in [0.2, 0.25) is 5.91 Å². The number of thiophene rings is 1. The Balaban J connectivity index is 1.60. The molecule has 3 rings (SSSR count). The molecule has 0 atom stereocenters. The van der Waals surface area contributed by atoms with Crippen molar-refractivity contribution in [1.82, 2.24) is 14.7 Å². The molecule has 1 saturated heterocycles. The van der Waals surface area contributed by atoms with Gasteiger partial charge in [0, 0.05) is 46.8 Å². The standard InChI is InChI=1S/C23H30N4O4S/c1-16-19(23(30)31-4)21(32-20(16)22(29)25(2)3)24-18(28)15-27-12-10-26(11-13-27)14-17-8-6-5-7-9-17/h5-9H,10-15H2,1-4H3,(H,24,28). The molecule has 1 aliphatic heterocycles. The Morgan fingerprint density at radius 1 is 1.06 bits per heavy atom. The van der Waals surface area contributed by atoms with Crippen LogP contribution < -0.4 is 5.32 Å². The van der Waals surface area contributed by atoms with Crippen LogP contribution >= 0.6 is 11.3 Å². The van der Waals surface area contributed by atoms with Gasteiger partial charge in [0.05, 0.1) is 24.1 Å². The van der Waals surface area contributed by atoms with Crippen LogP contribution in [0, 0.1) is 6.92 Å². The highest BCUT2D eigenvalue weighted by molar-refractivity contribution is 7.18. The van der Waals surface area contributed by atoms with Crippen LogP contribution in [0.2, 0.25) is 0 Å². The number of carbonyl (C=O) groups excluding carboxylic acids is 3. The van der Waals surface area contributed by atoms with Crippen molar-refractivity contribution < 1.29 is 19.1 Å². The van der Waals surface area contributed by atoms with Crippen molar-refractivity contribution in [3.8, 4) is 0 Å². The fourth-order valence-corrected chi connectivity index (χ4v) is 4.91. The second kappa shape index (κ2) is 10.7. The molecule has 0 radical (unpaired) electrons. The molecule has 8 nitrogen and oxygen atoms in total. The first-order valence-corrected chi connectivity index (χ1v) is 11.3. The third kappa shape index (κ3) is 5.73. The molecule has 2 heterocycles. The molecule has 9 heteroatoms. The minimum Gasteiger partial charge on any atom is -0.465 e. The first-order valence-electron chi connectivity index (χ1n) is 10.5. The van der Waals surface area contributed by atoms with E-state index in [0.29, 0.717) is 15.4 Å². The Morgan fingerprint density at radius 3 is 2.28 bits per heavy atom. The van der Waals surface area contributed by atoms with Crippen molar-refractivity contribution in [2.75, 3.05) is 59.2 Å².